The first-order chi connectivity index (χ1) is 9.69. The van der Waals surface area contributed by atoms with Crippen molar-refractivity contribution in [1.82, 2.24) is 9.55 Å². The Morgan fingerprint density at radius 1 is 1.43 bits per heavy atom. The van der Waals surface area contributed by atoms with Crippen LogP contribution < -0.4 is 11.4 Å². The monoisotopic (exact) mass is 323 g/mol. The molecule has 12 heteroatoms. The molecule has 0 radical (unpaired) electrons. The summed E-state index contributed by atoms with van der Waals surface area (Å²) >= 11 is 0. The Morgan fingerprint density at radius 3 is 2.67 bits per heavy atom. The number of anilines is 1. The molecule has 0 amide bonds. The number of nitrogens with two attached hydrogens (primary N) is 1. The van der Waals surface area contributed by atoms with Crippen LogP contribution >= 0.6 is 7.82 Å². The SMILES string of the molecule is Nc1ccn([C@@H]2O[C@H](COP(=O)(O)O)[C@@H](O)[C@@H]2O)c(=O)n1. The highest BCUT2D eigenvalue weighted by atomic mass is 31.2. The molecule has 1 aliphatic heterocycles. The number of nitrogens with zero attached hydrogens (tertiary/aromatic N) is 2. The van der Waals surface area contributed by atoms with E-state index in [0.717, 1.165) is 4.57 Å². The van der Waals surface area contributed by atoms with E-state index in [1.165, 1.54) is 12.3 Å². The van der Waals surface area contributed by atoms with Crippen LogP contribution in [0.25, 0.3) is 0 Å². The number of hydrogen-bond acceptors (Lipinski definition) is 8. The summed E-state index contributed by atoms with van der Waals surface area (Å²) < 4.78 is 20.9. The summed E-state index contributed by atoms with van der Waals surface area (Å²) in [5, 5.41) is 19.6. The van der Waals surface area contributed by atoms with Crippen molar-refractivity contribution in [2.75, 3.05) is 12.3 Å². The van der Waals surface area contributed by atoms with E-state index in [-0.39, 0.29) is 5.82 Å². The van der Waals surface area contributed by atoms with Crippen molar-refractivity contribution in [2.24, 2.45) is 0 Å². The number of hydrogen-bond donors (Lipinski definition) is 5. The van der Waals surface area contributed by atoms with Gasteiger partial charge in [0.2, 0.25) is 0 Å². The molecular weight excluding hydrogens is 309 g/mol. The Labute approximate surface area is 117 Å². The molecule has 2 rings (SSSR count). The summed E-state index contributed by atoms with van der Waals surface area (Å²) in [5.41, 5.74) is 4.52. The van der Waals surface area contributed by atoms with Crippen molar-refractivity contribution in [2.45, 2.75) is 24.5 Å². The Bertz CT molecular complexity index is 615. The lowest BCUT2D eigenvalue weighted by atomic mass is 10.1. The number of phosphoric ester groups is 1. The first-order valence-corrected chi connectivity index (χ1v) is 7.28. The molecule has 1 aliphatic rings. The smallest absolute Gasteiger partial charge is 0.387 e. The van der Waals surface area contributed by atoms with Crippen LogP contribution in [-0.4, -0.2) is 54.5 Å². The highest BCUT2D eigenvalue weighted by molar-refractivity contribution is 7.46. The zero-order valence-electron chi connectivity index (χ0n) is 10.5. The lowest BCUT2D eigenvalue weighted by Gasteiger charge is -2.16. The maximum atomic E-state index is 11.6. The quantitative estimate of drug-likeness (QED) is 0.374. The van der Waals surface area contributed by atoms with Gasteiger partial charge in [-0.25, -0.2) is 9.36 Å². The number of rotatable bonds is 4. The van der Waals surface area contributed by atoms with Crippen molar-refractivity contribution in [3.8, 4) is 0 Å². The van der Waals surface area contributed by atoms with Crippen LogP contribution in [0.5, 0.6) is 0 Å². The fourth-order valence-electron chi connectivity index (χ4n) is 1.89. The number of phosphoric acid groups is 1. The van der Waals surface area contributed by atoms with E-state index in [1.54, 1.807) is 0 Å². The molecule has 21 heavy (non-hydrogen) atoms. The zero-order chi connectivity index (χ0) is 15.8. The Kier molecular flexibility index (Phi) is 4.44. The number of nitrogen functional groups attached to an aromatic ring is 1. The highest BCUT2D eigenvalue weighted by Gasteiger charge is 2.44. The molecule has 2 heterocycles. The van der Waals surface area contributed by atoms with E-state index in [9.17, 15) is 19.6 Å². The molecule has 1 fully saturated rings. The number of aliphatic hydroxyl groups excluding tert-OH is 2. The third-order valence-corrected chi connectivity index (χ3v) is 3.36. The number of aliphatic hydroxyl groups is 2. The standard InChI is InChI=1S/C9H14N3O8P/c10-5-1-2-12(9(15)11-5)8-7(14)6(13)4(20-8)3-19-21(16,17)18/h1-2,4,6-8,13-14H,3H2,(H2,10,11,15)(H2,16,17,18)/t4-,6-,7+,8-/m1/s1. The van der Waals surface area contributed by atoms with Crippen molar-refractivity contribution >= 4 is 13.6 Å². The van der Waals surface area contributed by atoms with E-state index in [1.807, 2.05) is 0 Å². The number of ether oxygens (including phenoxy) is 1. The van der Waals surface area contributed by atoms with E-state index >= 15 is 0 Å². The second-order valence-electron chi connectivity index (χ2n) is 4.37. The summed E-state index contributed by atoms with van der Waals surface area (Å²) in [6.45, 7) is -0.657. The molecule has 0 bridgehead atoms. The van der Waals surface area contributed by atoms with Gasteiger partial charge in [-0.15, -0.1) is 0 Å². The molecule has 0 saturated carbocycles. The minimum absolute atomic E-state index is 0.0225. The van der Waals surface area contributed by atoms with Crippen molar-refractivity contribution in [3.63, 3.8) is 0 Å². The third kappa shape index (κ3) is 3.66. The Morgan fingerprint density at radius 2 is 2.10 bits per heavy atom. The van der Waals surface area contributed by atoms with Gasteiger partial charge < -0.3 is 30.5 Å². The van der Waals surface area contributed by atoms with Gasteiger partial charge in [-0.05, 0) is 6.07 Å². The van der Waals surface area contributed by atoms with Gasteiger partial charge in [0.1, 0.15) is 24.1 Å². The van der Waals surface area contributed by atoms with Crippen LogP contribution in [0.3, 0.4) is 0 Å². The first kappa shape index (κ1) is 16.0. The van der Waals surface area contributed by atoms with Crippen LogP contribution in [0.4, 0.5) is 5.82 Å². The molecule has 0 unspecified atom stereocenters. The van der Waals surface area contributed by atoms with Gasteiger partial charge in [0.15, 0.2) is 6.23 Å². The average Bonchev–Trinajstić information content (AvgIpc) is 2.64. The van der Waals surface area contributed by atoms with Gasteiger partial charge in [0.25, 0.3) is 0 Å². The van der Waals surface area contributed by atoms with Crippen LogP contribution in [0.15, 0.2) is 17.1 Å². The first-order valence-electron chi connectivity index (χ1n) is 5.75. The van der Waals surface area contributed by atoms with Gasteiger partial charge in [-0.2, -0.15) is 4.98 Å². The maximum absolute atomic E-state index is 11.6. The molecule has 0 spiro atoms. The second kappa shape index (κ2) is 5.81. The number of aromatic nitrogens is 2. The minimum Gasteiger partial charge on any atom is -0.387 e. The second-order valence-corrected chi connectivity index (χ2v) is 5.61. The predicted octanol–water partition coefficient (Wildman–Crippen LogP) is -2.45. The van der Waals surface area contributed by atoms with Crippen LogP contribution in [0.1, 0.15) is 6.23 Å². The van der Waals surface area contributed by atoms with Gasteiger partial charge in [0.05, 0.1) is 6.61 Å². The van der Waals surface area contributed by atoms with Gasteiger partial charge in [0, 0.05) is 6.20 Å². The van der Waals surface area contributed by atoms with Gasteiger partial charge >= 0.3 is 13.5 Å². The summed E-state index contributed by atoms with van der Waals surface area (Å²) in [6, 6.07) is 1.29. The zero-order valence-corrected chi connectivity index (χ0v) is 11.4. The molecule has 1 aromatic rings. The highest BCUT2D eigenvalue weighted by Crippen LogP contribution is 2.38. The van der Waals surface area contributed by atoms with E-state index in [4.69, 9.17) is 20.3 Å². The Balaban J connectivity index is 2.16. The molecular formula is C9H14N3O8P. The van der Waals surface area contributed by atoms with Crippen molar-refractivity contribution in [3.05, 3.63) is 22.7 Å². The van der Waals surface area contributed by atoms with Crippen LogP contribution in [0, 0.1) is 0 Å². The summed E-state index contributed by atoms with van der Waals surface area (Å²) in [6.07, 6.45) is -4.27. The molecule has 118 valence electrons. The predicted molar refractivity (Wildman–Crippen MR) is 66.8 cm³/mol. The molecule has 1 aromatic heterocycles. The summed E-state index contributed by atoms with van der Waals surface area (Å²) in [7, 11) is -4.74. The normalized spacial score (nSPS) is 29.7. The van der Waals surface area contributed by atoms with Crippen LogP contribution in [-0.2, 0) is 13.8 Å². The lowest BCUT2D eigenvalue weighted by Crippen LogP contribution is -2.36. The summed E-state index contributed by atoms with van der Waals surface area (Å²) in [5.74, 6) is -0.0225. The van der Waals surface area contributed by atoms with E-state index in [0.29, 0.717) is 0 Å². The third-order valence-electron chi connectivity index (χ3n) is 2.87. The average molecular weight is 323 g/mol. The molecule has 1 saturated heterocycles. The Hall–Kier alpha value is -1.33. The molecule has 4 atom stereocenters. The fourth-order valence-corrected chi connectivity index (χ4v) is 2.23. The lowest BCUT2D eigenvalue weighted by molar-refractivity contribution is -0.0542. The topological polar surface area (TPSA) is 177 Å². The van der Waals surface area contributed by atoms with Crippen LogP contribution in [0.2, 0.25) is 0 Å². The van der Waals surface area contributed by atoms with Crippen molar-refractivity contribution in [1.29, 1.82) is 0 Å². The fraction of sp³-hybridized carbons (Fsp3) is 0.556. The minimum atomic E-state index is -4.74. The van der Waals surface area contributed by atoms with E-state index in [2.05, 4.69) is 9.51 Å². The molecule has 0 aliphatic carbocycles. The van der Waals surface area contributed by atoms with Crippen molar-refractivity contribution < 1.29 is 33.8 Å². The molecule has 0 aromatic carbocycles. The maximum Gasteiger partial charge on any atom is 0.469 e. The largest absolute Gasteiger partial charge is 0.469 e. The van der Waals surface area contributed by atoms with Gasteiger partial charge in [-0.1, -0.05) is 0 Å². The molecule has 11 nitrogen and oxygen atoms in total. The van der Waals surface area contributed by atoms with Gasteiger partial charge in [-0.3, -0.25) is 9.09 Å². The molecule has 6 N–H and O–H groups in total. The summed E-state index contributed by atoms with van der Waals surface area (Å²) in [4.78, 5) is 32.3. The van der Waals surface area contributed by atoms with E-state index < -0.39 is 44.7 Å².